The molecule has 1 aromatic carbocycles. The van der Waals surface area contributed by atoms with Crippen molar-refractivity contribution in [1.82, 2.24) is 20.1 Å². The Morgan fingerprint density at radius 3 is 2.57 bits per heavy atom. The van der Waals surface area contributed by atoms with Gasteiger partial charge >= 0.3 is 0 Å². The van der Waals surface area contributed by atoms with Crippen molar-refractivity contribution in [3.05, 3.63) is 42.0 Å². The summed E-state index contributed by atoms with van der Waals surface area (Å²) in [6, 6.07) is 5.92. The number of benzene rings is 1. The maximum atomic E-state index is 12.9. The molecule has 0 bridgehead atoms. The molecule has 0 aliphatic carbocycles. The highest BCUT2D eigenvalue weighted by molar-refractivity contribution is 8.00. The number of aryl methyl sites for hydroxylation is 1. The third-order valence-electron chi connectivity index (χ3n) is 3.05. The highest BCUT2D eigenvalue weighted by Gasteiger charge is 2.19. The summed E-state index contributed by atoms with van der Waals surface area (Å²) in [6.07, 6.45) is 1.59. The maximum absolute atomic E-state index is 12.9. The molecular formula is C14H17FN4OS. The Morgan fingerprint density at radius 1 is 1.33 bits per heavy atom. The molecule has 1 aromatic heterocycles. The van der Waals surface area contributed by atoms with Crippen molar-refractivity contribution in [2.24, 2.45) is 7.05 Å². The molecule has 2 rings (SSSR count). The lowest BCUT2D eigenvalue weighted by atomic mass is 10.1. The SMILES string of the molecule is C[C@@H](Sc1nncn1C)C(=O)N[C@H](C)c1ccc(F)cc1. The zero-order valence-corrected chi connectivity index (χ0v) is 12.9. The first-order chi connectivity index (χ1) is 9.97. The number of carbonyl (C=O) groups is 1. The number of hydrogen-bond acceptors (Lipinski definition) is 4. The van der Waals surface area contributed by atoms with Crippen LogP contribution in [-0.2, 0) is 11.8 Å². The molecule has 0 unspecified atom stereocenters. The number of hydrogen-bond donors (Lipinski definition) is 1. The minimum absolute atomic E-state index is 0.0974. The second-order valence-electron chi connectivity index (χ2n) is 4.77. The van der Waals surface area contributed by atoms with Crippen LogP contribution in [0.25, 0.3) is 0 Å². The molecule has 2 atom stereocenters. The van der Waals surface area contributed by atoms with Gasteiger partial charge in [-0.25, -0.2) is 4.39 Å². The second-order valence-corrected chi connectivity index (χ2v) is 6.07. The quantitative estimate of drug-likeness (QED) is 0.861. The van der Waals surface area contributed by atoms with E-state index in [1.807, 2.05) is 20.9 Å². The molecule has 1 amide bonds. The summed E-state index contributed by atoms with van der Waals surface area (Å²) in [5.74, 6) is -0.386. The fourth-order valence-electron chi connectivity index (χ4n) is 1.76. The smallest absolute Gasteiger partial charge is 0.233 e. The van der Waals surface area contributed by atoms with Gasteiger partial charge in [0.2, 0.25) is 5.91 Å². The first kappa shape index (κ1) is 15.5. The Bertz CT molecular complexity index is 614. The van der Waals surface area contributed by atoms with Crippen LogP contribution in [-0.4, -0.2) is 25.9 Å². The Labute approximate surface area is 127 Å². The van der Waals surface area contributed by atoms with Crippen LogP contribution in [0.15, 0.2) is 35.7 Å². The van der Waals surface area contributed by atoms with Crippen molar-refractivity contribution in [2.45, 2.75) is 30.3 Å². The van der Waals surface area contributed by atoms with Gasteiger partial charge in [-0.05, 0) is 31.5 Å². The number of rotatable bonds is 5. The lowest BCUT2D eigenvalue weighted by Crippen LogP contribution is -2.33. The summed E-state index contributed by atoms with van der Waals surface area (Å²) in [5.41, 5.74) is 0.862. The number of nitrogens with one attached hydrogen (secondary N) is 1. The zero-order valence-electron chi connectivity index (χ0n) is 12.1. The van der Waals surface area contributed by atoms with E-state index < -0.39 is 0 Å². The number of aromatic nitrogens is 3. The minimum Gasteiger partial charge on any atom is -0.349 e. The second kappa shape index (κ2) is 6.71. The molecule has 2 aromatic rings. The lowest BCUT2D eigenvalue weighted by Gasteiger charge is -2.17. The molecule has 0 radical (unpaired) electrons. The molecule has 112 valence electrons. The summed E-state index contributed by atoms with van der Waals surface area (Å²) in [5, 5.41) is 11.0. The van der Waals surface area contributed by atoms with Crippen LogP contribution in [0.2, 0.25) is 0 Å². The standard InChI is InChI=1S/C14H17FN4OS/c1-9(11-4-6-12(15)7-5-11)17-13(20)10(2)21-14-18-16-8-19(14)3/h4-10H,1-3H3,(H,17,20)/t9-,10-/m1/s1. The Kier molecular flexibility index (Phi) is 4.95. The molecular weight excluding hydrogens is 291 g/mol. The van der Waals surface area contributed by atoms with Crippen LogP contribution in [0.4, 0.5) is 4.39 Å². The van der Waals surface area contributed by atoms with Gasteiger partial charge in [-0.2, -0.15) is 0 Å². The van der Waals surface area contributed by atoms with Gasteiger partial charge in [0.1, 0.15) is 12.1 Å². The summed E-state index contributed by atoms with van der Waals surface area (Å²) in [4.78, 5) is 12.2. The van der Waals surface area contributed by atoms with E-state index in [0.29, 0.717) is 5.16 Å². The van der Waals surface area contributed by atoms with Crippen LogP contribution < -0.4 is 5.32 Å². The van der Waals surface area contributed by atoms with Crippen molar-refractivity contribution in [3.8, 4) is 0 Å². The van der Waals surface area contributed by atoms with Crippen LogP contribution in [0, 0.1) is 5.82 Å². The summed E-state index contributed by atoms with van der Waals surface area (Å²) in [6.45, 7) is 3.68. The number of nitrogens with zero attached hydrogens (tertiary/aromatic N) is 3. The molecule has 0 spiro atoms. The van der Waals surface area contributed by atoms with E-state index in [-0.39, 0.29) is 23.0 Å². The fourth-order valence-corrected chi connectivity index (χ4v) is 2.56. The number of halogens is 1. The van der Waals surface area contributed by atoms with Gasteiger partial charge in [-0.3, -0.25) is 4.79 Å². The fraction of sp³-hybridized carbons (Fsp3) is 0.357. The van der Waals surface area contributed by atoms with Crippen LogP contribution in [0.1, 0.15) is 25.5 Å². The molecule has 21 heavy (non-hydrogen) atoms. The van der Waals surface area contributed by atoms with Crippen molar-refractivity contribution < 1.29 is 9.18 Å². The largest absolute Gasteiger partial charge is 0.349 e. The van der Waals surface area contributed by atoms with Crippen LogP contribution in [0.3, 0.4) is 0 Å². The van der Waals surface area contributed by atoms with Crippen molar-refractivity contribution >= 4 is 17.7 Å². The number of carbonyl (C=O) groups excluding carboxylic acids is 1. The Morgan fingerprint density at radius 2 is 2.00 bits per heavy atom. The van der Waals surface area contributed by atoms with Gasteiger partial charge in [0.25, 0.3) is 0 Å². The van der Waals surface area contributed by atoms with Gasteiger partial charge < -0.3 is 9.88 Å². The average Bonchev–Trinajstić information content (AvgIpc) is 2.84. The summed E-state index contributed by atoms with van der Waals surface area (Å²) < 4.78 is 14.6. The van der Waals surface area contributed by atoms with E-state index >= 15 is 0 Å². The Balaban J connectivity index is 1.94. The third kappa shape index (κ3) is 4.04. The van der Waals surface area contributed by atoms with Gasteiger partial charge in [0.15, 0.2) is 5.16 Å². The first-order valence-electron chi connectivity index (χ1n) is 6.54. The normalized spacial score (nSPS) is 13.7. The van der Waals surface area contributed by atoms with Gasteiger partial charge in [-0.15, -0.1) is 10.2 Å². The van der Waals surface area contributed by atoms with E-state index in [0.717, 1.165) is 5.56 Å². The van der Waals surface area contributed by atoms with Crippen molar-refractivity contribution in [3.63, 3.8) is 0 Å². The molecule has 7 heteroatoms. The molecule has 0 saturated carbocycles. The first-order valence-corrected chi connectivity index (χ1v) is 7.42. The van der Waals surface area contributed by atoms with E-state index in [9.17, 15) is 9.18 Å². The minimum atomic E-state index is -0.296. The summed E-state index contributed by atoms with van der Waals surface area (Å²) in [7, 11) is 1.83. The topological polar surface area (TPSA) is 59.8 Å². The maximum Gasteiger partial charge on any atom is 0.233 e. The van der Waals surface area contributed by atoms with Gasteiger partial charge in [-0.1, -0.05) is 23.9 Å². The molecule has 1 N–H and O–H groups in total. The molecule has 0 fully saturated rings. The Hall–Kier alpha value is -1.89. The van der Waals surface area contributed by atoms with Gasteiger partial charge in [0, 0.05) is 7.05 Å². The van der Waals surface area contributed by atoms with Gasteiger partial charge in [0.05, 0.1) is 11.3 Å². The summed E-state index contributed by atoms with van der Waals surface area (Å²) >= 11 is 1.34. The molecule has 0 aliphatic heterocycles. The lowest BCUT2D eigenvalue weighted by molar-refractivity contribution is -0.120. The third-order valence-corrected chi connectivity index (χ3v) is 4.20. The van der Waals surface area contributed by atoms with Crippen LogP contribution >= 0.6 is 11.8 Å². The van der Waals surface area contributed by atoms with E-state index in [1.165, 1.54) is 23.9 Å². The van der Waals surface area contributed by atoms with Crippen molar-refractivity contribution in [2.75, 3.05) is 0 Å². The molecule has 0 saturated heterocycles. The van der Waals surface area contributed by atoms with E-state index in [2.05, 4.69) is 15.5 Å². The van der Waals surface area contributed by atoms with E-state index in [1.54, 1.807) is 23.0 Å². The zero-order chi connectivity index (χ0) is 15.4. The molecule has 1 heterocycles. The number of amides is 1. The average molecular weight is 308 g/mol. The van der Waals surface area contributed by atoms with Crippen molar-refractivity contribution in [1.29, 1.82) is 0 Å². The monoisotopic (exact) mass is 308 g/mol. The van der Waals surface area contributed by atoms with E-state index in [4.69, 9.17) is 0 Å². The highest BCUT2D eigenvalue weighted by atomic mass is 32.2. The number of thioether (sulfide) groups is 1. The predicted octanol–water partition coefficient (Wildman–Crippen LogP) is 2.31. The van der Waals surface area contributed by atoms with Crippen LogP contribution in [0.5, 0.6) is 0 Å². The predicted molar refractivity (Wildman–Crippen MR) is 79.3 cm³/mol. The molecule has 0 aliphatic rings. The highest BCUT2D eigenvalue weighted by Crippen LogP contribution is 2.21. The molecule has 5 nitrogen and oxygen atoms in total.